The van der Waals surface area contributed by atoms with Crippen LogP contribution in [0.3, 0.4) is 0 Å². The van der Waals surface area contributed by atoms with Crippen LogP contribution in [0, 0.1) is 0 Å². The van der Waals surface area contributed by atoms with Crippen molar-refractivity contribution in [3.8, 4) is 5.69 Å². The molecule has 1 fully saturated rings. The summed E-state index contributed by atoms with van der Waals surface area (Å²) in [6.45, 7) is 1.93. The molecule has 0 unspecified atom stereocenters. The summed E-state index contributed by atoms with van der Waals surface area (Å²) in [5, 5.41) is 13.3. The van der Waals surface area contributed by atoms with E-state index in [2.05, 4.69) is 34.3 Å². The molecule has 0 radical (unpaired) electrons. The summed E-state index contributed by atoms with van der Waals surface area (Å²) in [6, 6.07) is 11.1. The van der Waals surface area contributed by atoms with E-state index in [0.717, 1.165) is 18.8 Å². The molecule has 0 atom stereocenters. The molecule has 4 nitrogen and oxygen atoms in total. The molecular formula is C15H19N3O. The minimum atomic E-state index is 0.238. The van der Waals surface area contributed by atoms with E-state index in [4.69, 9.17) is 5.11 Å². The third-order valence-corrected chi connectivity index (χ3v) is 3.54. The summed E-state index contributed by atoms with van der Waals surface area (Å²) in [5.74, 6) is 0. The molecule has 0 saturated heterocycles. The van der Waals surface area contributed by atoms with Crippen molar-refractivity contribution in [1.29, 1.82) is 0 Å². The maximum Gasteiger partial charge on any atom is 0.0645 e. The average molecular weight is 257 g/mol. The van der Waals surface area contributed by atoms with Gasteiger partial charge < -0.3 is 5.11 Å². The maximum atomic E-state index is 9.11. The van der Waals surface area contributed by atoms with E-state index >= 15 is 0 Å². The van der Waals surface area contributed by atoms with Gasteiger partial charge in [-0.3, -0.25) is 4.90 Å². The first kappa shape index (κ1) is 12.4. The first-order valence-corrected chi connectivity index (χ1v) is 6.80. The third kappa shape index (κ3) is 3.03. The van der Waals surface area contributed by atoms with Gasteiger partial charge in [0.25, 0.3) is 0 Å². The maximum absolute atomic E-state index is 9.11. The molecule has 1 aliphatic rings. The van der Waals surface area contributed by atoms with Crippen molar-refractivity contribution < 1.29 is 5.11 Å². The lowest BCUT2D eigenvalue weighted by Gasteiger charge is -2.20. The van der Waals surface area contributed by atoms with Crippen molar-refractivity contribution in [2.75, 3.05) is 13.2 Å². The molecule has 2 aromatic rings. The van der Waals surface area contributed by atoms with Crippen LogP contribution in [0.25, 0.3) is 5.69 Å². The van der Waals surface area contributed by atoms with Crippen LogP contribution in [0.4, 0.5) is 0 Å². The van der Waals surface area contributed by atoms with Crippen molar-refractivity contribution in [2.24, 2.45) is 0 Å². The van der Waals surface area contributed by atoms with Gasteiger partial charge in [-0.05, 0) is 36.6 Å². The normalized spacial score (nSPS) is 15.1. The fourth-order valence-electron chi connectivity index (χ4n) is 2.37. The fourth-order valence-corrected chi connectivity index (χ4v) is 2.37. The Hall–Kier alpha value is -1.65. The van der Waals surface area contributed by atoms with Gasteiger partial charge >= 0.3 is 0 Å². The summed E-state index contributed by atoms with van der Waals surface area (Å²) >= 11 is 0. The highest BCUT2D eigenvalue weighted by atomic mass is 16.3. The van der Waals surface area contributed by atoms with Gasteiger partial charge in [-0.1, -0.05) is 12.1 Å². The Morgan fingerprint density at radius 2 is 2.05 bits per heavy atom. The van der Waals surface area contributed by atoms with Gasteiger partial charge in [-0.25, -0.2) is 4.68 Å². The molecule has 1 saturated carbocycles. The summed E-state index contributed by atoms with van der Waals surface area (Å²) in [6.07, 6.45) is 6.26. The van der Waals surface area contributed by atoms with Crippen LogP contribution in [0.2, 0.25) is 0 Å². The van der Waals surface area contributed by atoms with E-state index in [9.17, 15) is 0 Å². The summed E-state index contributed by atoms with van der Waals surface area (Å²) in [5.41, 5.74) is 2.37. The van der Waals surface area contributed by atoms with Gasteiger partial charge in [0.2, 0.25) is 0 Å². The molecular weight excluding hydrogens is 238 g/mol. The molecule has 1 aromatic carbocycles. The Kier molecular flexibility index (Phi) is 3.62. The van der Waals surface area contributed by atoms with Crippen LogP contribution in [0.15, 0.2) is 42.7 Å². The number of benzene rings is 1. The molecule has 1 aromatic heterocycles. The summed E-state index contributed by atoms with van der Waals surface area (Å²) in [7, 11) is 0. The van der Waals surface area contributed by atoms with Crippen LogP contribution in [0.1, 0.15) is 18.4 Å². The number of nitrogens with zero attached hydrogens (tertiary/aromatic N) is 3. The van der Waals surface area contributed by atoms with Gasteiger partial charge in [0, 0.05) is 31.5 Å². The monoisotopic (exact) mass is 257 g/mol. The molecule has 1 heterocycles. The second-order valence-corrected chi connectivity index (χ2v) is 5.04. The predicted molar refractivity (Wildman–Crippen MR) is 74.1 cm³/mol. The van der Waals surface area contributed by atoms with Crippen LogP contribution in [-0.4, -0.2) is 39.0 Å². The van der Waals surface area contributed by atoms with Crippen molar-refractivity contribution in [2.45, 2.75) is 25.4 Å². The molecule has 0 bridgehead atoms. The first-order valence-electron chi connectivity index (χ1n) is 6.80. The fraction of sp³-hybridized carbons (Fsp3) is 0.400. The Bertz CT molecular complexity index is 503. The number of hydrogen-bond donors (Lipinski definition) is 1. The predicted octanol–water partition coefficient (Wildman–Crippen LogP) is 1.83. The molecule has 3 rings (SSSR count). The molecule has 4 heteroatoms. The third-order valence-electron chi connectivity index (χ3n) is 3.54. The highest BCUT2D eigenvalue weighted by Gasteiger charge is 2.28. The number of aliphatic hydroxyl groups excluding tert-OH is 1. The Labute approximate surface area is 113 Å². The highest BCUT2D eigenvalue weighted by Crippen LogP contribution is 2.28. The van der Waals surface area contributed by atoms with Crippen LogP contribution < -0.4 is 0 Å². The number of aromatic nitrogens is 2. The Balaban J connectivity index is 1.68. The van der Waals surface area contributed by atoms with Gasteiger partial charge in [0.1, 0.15) is 0 Å². The molecule has 100 valence electrons. The first-order chi connectivity index (χ1) is 9.36. The van der Waals surface area contributed by atoms with Crippen molar-refractivity contribution in [3.63, 3.8) is 0 Å². The second kappa shape index (κ2) is 5.55. The van der Waals surface area contributed by atoms with E-state index in [-0.39, 0.29) is 6.61 Å². The van der Waals surface area contributed by atoms with Crippen molar-refractivity contribution in [1.82, 2.24) is 14.7 Å². The molecule has 0 spiro atoms. The lowest BCUT2D eigenvalue weighted by atomic mass is 10.2. The largest absolute Gasteiger partial charge is 0.395 e. The Morgan fingerprint density at radius 1 is 1.26 bits per heavy atom. The SMILES string of the molecule is OCCN(Cc1ccc(-n2cccn2)cc1)C1CC1. The van der Waals surface area contributed by atoms with Gasteiger partial charge in [-0.15, -0.1) is 0 Å². The highest BCUT2D eigenvalue weighted by molar-refractivity contribution is 5.33. The van der Waals surface area contributed by atoms with Crippen LogP contribution >= 0.6 is 0 Å². The van der Waals surface area contributed by atoms with E-state index < -0.39 is 0 Å². The van der Waals surface area contributed by atoms with Crippen LogP contribution in [-0.2, 0) is 6.54 Å². The lowest BCUT2D eigenvalue weighted by molar-refractivity contribution is 0.183. The van der Waals surface area contributed by atoms with Gasteiger partial charge in [0.15, 0.2) is 0 Å². The second-order valence-electron chi connectivity index (χ2n) is 5.04. The molecule has 0 aliphatic heterocycles. The van der Waals surface area contributed by atoms with Crippen LogP contribution in [0.5, 0.6) is 0 Å². The Morgan fingerprint density at radius 3 is 2.63 bits per heavy atom. The minimum Gasteiger partial charge on any atom is -0.395 e. The van der Waals surface area contributed by atoms with E-state index in [1.165, 1.54) is 18.4 Å². The molecule has 19 heavy (non-hydrogen) atoms. The summed E-state index contributed by atoms with van der Waals surface area (Å²) in [4.78, 5) is 2.36. The lowest BCUT2D eigenvalue weighted by Crippen LogP contribution is -2.28. The average Bonchev–Trinajstić information content (AvgIpc) is 3.14. The zero-order valence-electron chi connectivity index (χ0n) is 10.9. The number of aliphatic hydroxyl groups is 1. The number of hydrogen-bond acceptors (Lipinski definition) is 3. The molecule has 1 aliphatic carbocycles. The standard InChI is InChI=1S/C15H19N3O/c19-11-10-17(14-6-7-14)12-13-2-4-15(5-3-13)18-9-1-8-16-18/h1-5,8-9,14,19H,6-7,10-12H2. The van der Waals surface area contributed by atoms with E-state index in [1.54, 1.807) is 6.20 Å². The zero-order chi connectivity index (χ0) is 13.1. The van der Waals surface area contributed by atoms with Gasteiger partial charge in [0.05, 0.1) is 12.3 Å². The molecule has 0 amide bonds. The smallest absolute Gasteiger partial charge is 0.0645 e. The van der Waals surface area contributed by atoms with E-state index in [1.807, 2.05) is 16.9 Å². The number of rotatable bonds is 6. The molecule has 1 N–H and O–H groups in total. The quantitative estimate of drug-likeness (QED) is 0.858. The zero-order valence-corrected chi connectivity index (χ0v) is 10.9. The van der Waals surface area contributed by atoms with Gasteiger partial charge in [-0.2, -0.15) is 5.10 Å². The summed E-state index contributed by atoms with van der Waals surface area (Å²) < 4.78 is 1.86. The topological polar surface area (TPSA) is 41.3 Å². The van der Waals surface area contributed by atoms with Crippen molar-refractivity contribution in [3.05, 3.63) is 48.3 Å². The minimum absolute atomic E-state index is 0.238. The van der Waals surface area contributed by atoms with E-state index in [0.29, 0.717) is 6.04 Å². The van der Waals surface area contributed by atoms with Crippen molar-refractivity contribution >= 4 is 0 Å².